The minimum Gasteiger partial charge on any atom is -0.469 e. The zero-order valence-corrected chi connectivity index (χ0v) is 11.3. The van der Waals surface area contributed by atoms with E-state index in [0.717, 1.165) is 31.7 Å². The Kier molecular flexibility index (Phi) is 4.77. The number of hydrogen-bond acceptors (Lipinski definition) is 3. The first-order valence-electron chi connectivity index (χ1n) is 6.07. The van der Waals surface area contributed by atoms with Crippen molar-refractivity contribution in [3.05, 3.63) is 23.7 Å². The zero-order valence-electron chi connectivity index (χ0n) is 11.3. The van der Waals surface area contributed by atoms with Gasteiger partial charge >= 0.3 is 0 Å². The van der Waals surface area contributed by atoms with Crippen LogP contribution in [0, 0.1) is 23.7 Å². The predicted molar refractivity (Wildman–Crippen MR) is 68.4 cm³/mol. The minimum absolute atomic E-state index is 0.202. The largest absolute Gasteiger partial charge is 0.469 e. The molecule has 0 bridgehead atoms. The lowest BCUT2D eigenvalue weighted by Gasteiger charge is -2.19. The van der Waals surface area contributed by atoms with Gasteiger partial charge in [0, 0.05) is 12.1 Å². The van der Waals surface area contributed by atoms with E-state index in [2.05, 4.69) is 18.0 Å². The van der Waals surface area contributed by atoms with Crippen molar-refractivity contribution in [1.82, 2.24) is 4.90 Å². The van der Waals surface area contributed by atoms with Crippen molar-refractivity contribution in [2.75, 3.05) is 13.6 Å². The summed E-state index contributed by atoms with van der Waals surface area (Å²) in [6.45, 7) is 7.90. The van der Waals surface area contributed by atoms with Crippen molar-refractivity contribution in [2.24, 2.45) is 5.41 Å². The van der Waals surface area contributed by atoms with E-state index in [0.29, 0.717) is 0 Å². The molecule has 0 unspecified atom stereocenters. The lowest BCUT2D eigenvalue weighted by atomic mass is 9.90. The first kappa shape index (κ1) is 13.8. The fourth-order valence-corrected chi connectivity index (χ4v) is 1.79. The molecule has 0 saturated heterocycles. The summed E-state index contributed by atoms with van der Waals surface area (Å²) in [5.41, 5.74) is 1.04. The van der Waals surface area contributed by atoms with Crippen LogP contribution < -0.4 is 0 Å². The van der Waals surface area contributed by atoms with E-state index in [1.54, 1.807) is 6.26 Å². The highest BCUT2D eigenvalue weighted by Gasteiger charge is 2.16. The molecule has 0 aliphatic rings. The van der Waals surface area contributed by atoms with Crippen LogP contribution in [0.4, 0.5) is 0 Å². The molecule has 0 saturated carbocycles. The van der Waals surface area contributed by atoms with Crippen molar-refractivity contribution in [2.45, 2.75) is 40.2 Å². The summed E-state index contributed by atoms with van der Waals surface area (Å²) in [7, 11) is 2.10. The third-order valence-electron chi connectivity index (χ3n) is 3.05. The van der Waals surface area contributed by atoms with Crippen LogP contribution in [-0.4, -0.2) is 18.5 Å². The molecule has 0 radical (unpaired) electrons. The van der Waals surface area contributed by atoms with Gasteiger partial charge in [-0.15, -0.1) is 0 Å². The monoisotopic (exact) mass is 234 g/mol. The van der Waals surface area contributed by atoms with E-state index in [1.165, 1.54) is 5.56 Å². The number of furan rings is 1. The van der Waals surface area contributed by atoms with Crippen LogP contribution in [0.1, 0.15) is 38.0 Å². The molecule has 0 N–H and O–H groups in total. The van der Waals surface area contributed by atoms with Gasteiger partial charge in [0.1, 0.15) is 5.76 Å². The van der Waals surface area contributed by atoms with E-state index >= 15 is 0 Å². The van der Waals surface area contributed by atoms with Crippen LogP contribution in [0.25, 0.3) is 0 Å². The zero-order chi connectivity index (χ0) is 12.9. The first-order valence-corrected chi connectivity index (χ1v) is 6.07. The third-order valence-corrected chi connectivity index (χ3v) is 3.05. The molecule has 0 fully saturated rings. The molecule has 3 heteroatoms. The Morgan fingerprint density at radius 2 is 2.18 bits per heavy atom. The SMILES string of the molecule is Cc1occc1CN(C)CCCC(C)(C)C#N. The average molecular weight is 234 g/mol. The van der Waals surface area contributed by atoms with Crippen molar-refractivity contribution in [1.29, 1.82) is 5.26 Å². The van der Waals surface area contributed by atoms with Crippen LogP contribution >= 0.6 is 0 Å². The molecule has 3 nitrogen and oxygen atoms in total. The van der Waals surface area contributed by atoms with Crippen LogP contribution in [-0.2, 0) is 6.54 Å². The number of hydrogen-bond donors (Lipinski definition) is 0. The Hall–Kier alpha value is -1.27. The first-order chi connectivity index (χ1) is 7.94. The number of rotatable bonds is 6. The smallest absolute Gasteiger partial charge is 0.105 e. The van der Waals surface area contributed by atoms with Gasteiger partial charge in [-0.25, -0.2) is 0 Å². The van der Waals surface area contributed by atoms with Crippen LogP contribution in [0.3, 0.4) is 0 Å². The van der Waals surface area contributed by atoms with Gasteiger partial charge < -0.3 is 9.32 Å². The quantitative estimate of drug-likeness (QED) is 0.757. The Balaban J connectivity index is 2.30. The van der Waals surface area contributed by atoms with E-state index in [9.17, 15) is 0 Å². The highest BCUT2D eigenvalue weighted by molar-refractivity contribution is 5.14. The second-order valence-corrected chi connectivity index (χ2v) is 5.34. The lowest BCUT2D eigenvalue weighted by Crippen LogP contribution is -2.21. The second kappa shape index (κ2) is 5.88. The van der Waals surface area contributed by atoms with Crippen molar-refractivity contribution >= 4 is 0 Å². The molecular weight excluding hydrogens is 212 g/mol. The predicted octanol–water partition coefficient (Wildman–Crippen LogP) is 3.35. The lowest BCUT2D eigenvalue weighted by molar-refractivity contribution is 0.296. The molecule has 0 amide bonds. The van der Waals surface area contributed by atoms with Gasteiger partial charge in [-0.2, -0.15) is 5.26 Å². The van der Waals surface area contributed by atoms with Crippen molar-refractivity contribution in [3.63, 3.8) is 0 Å². The summed E-state index contributed by atoms with van der Waals surface area (Å²) < 4.78 is 5.27. The molecule has 1 aromatic heterocycles. The Bertz CT molecular complexity index is 387. The Morgan fingerprint density at radius 1 is 1.47 bits per heavy atom. The molecule has 94 valence electrons. The standard InChI is InChI=1S/C14H22N2O/c1-12-13(6-9-17-12)10-16(4)8-5-7-14(2,3)11-15/h6,9H,5,7-8,10H2,1-4H3. The normalized spacial score (nSPS) is 11.8. The molecule has 17 heavy (non-hydrogen) atoms. The van der Waals surface area contributed by atoms with Gasteiger partial charge in [0.25, 0.3) is 0 Å². The topological polar surface area (TPSA) is 40.2 Å². The maximum Gasteiger partial charge on any atom is 0.105 e. The summed E-state index contributed by atoms with van der Waals surface area (Å²) >= 11 is 0. The molecule has 1 heterocycles. The van der Waals surface area contributed by atoms with E-state index < -0.39 is 0 Å². The molecule has 0 aromatic carbocycles. The maximum atomic E-state index is 8.93. The molecule has 1 rings (SSSR count). The summed E-state index contributed by atoms with van der Waals surface area (Å²) in [4.78, 5) is 2.27. The Morgan fingerprint density at radius 3 is 2.71 bits per heavy atom. The van der Waals surface area contributed by atoms with Gasteiger partial charge in [-0.3, -0.25) is 0 Å². The van der Waals surface area contributed by atoms with Gasteiger partial charge in [0.15, 0.2) is 0 Å². The summed E-state index contributed by atoms with van der Waals surface area (Å²) in [6.07, 6.45) is 3.73. The van der Waals surface area contributed by atoms with Gasteiger partial charge in [0.2, 0.25) is 0 Å². The molecule has 0 atom stereocenters. The van der Waals surface area contributed by atoms with E-state index in [-0.39, 0.29) is 5.41 Å². The molecule has 0 spiro atoms. The summed E-state index contributed by atoms with van der Waals surface area (Å²) in [6, 6.07) is 4.36. The molecule has 0 aliphatic carbocycles. The average Bonchev–Trinajstić information content (AvgIpc) is 2.64. The van der Waals surface area contributed by atoms with E-state index in [4.69, 9.17) is 9.68 Å². The van der Waals surface area contributed by atoms with Crippen LogP contribution in [0.2, 0.25) is 0 Å². The van der Waals surface area contributed by atoms with Crippen molar-refractivity contribution in [3.8, 4) is 6.07 Å². The fraction of sp³-hybridized carbons (Fsp3) is 0.643. The molecule has 0 aliphatic heterocycles. The molecular formula is C14H22N2O. The fourth-order valence-electron chi connectivity index (χ4n) is 1.79. The maximum absolute atomic E-state index is 8.93. The second-order valence-electron chi connectivity index (χ2n) is 5.34. The molecule has 1 aromatic rings. The van der Waals surface area contributed by atoms with Crippen molar-refractivity contribution < 1.29 is 4.42 Å². The van der Waals surface area contributed by atoms with Gasteiger partial charge in [0.05, 0.1) is 17.7 Å². The van der Waals surface area contributed by atoms with Gasteiger partial charge in [-0.05, 0) is 53.3 Å². The number of nitriles is 1. The van der Waals surface area contributed by atoms with E-state index in [1.807, 2.05) is 26.8 Å². The Labute approximate surface area is 104 Å². The van der Waals surface area contributed by atoms with Crippen LogP contribution in [0.5, 0.6) is 0 Å². The highest BCUT2D eigenvalue weighted by Crippen LogP contribution is 2.21. The van der Waals surface area contributed by atoms with Crippen LogP contribution in [0.15, 0.2) is 16.7 Å². The minimum atomic E-state index is -0.202. The summed E-state index contributed by atoms with van der Waals surface area (Å²) in [5, 5.41) is 8.93. The van der Waals surface area contributed by atoms with Gasteiger partial charge in [-0.1, -0.05) is 0 Å². The number of aryl methyl sites for hydroxylation is 1. The third kappa shape index (κ3) is 4.62. The number of nitrogens with zero attached hydrogens (tertiary/aromatic N) is 2. The highest BCUT2D eigenvalue weighted by atomic mass is 16.3. The summed E-state index contributed by atoms with van der Waals surface area (Å²) in [5.74, 6) is 0.995.